The molecule has 2 fully saturated rings. The van der Waals surface area contributed by atoms with Gasteiger partial charge in [-0.3, -0.25) is 14.4 Å². The molecule has 1 aliphatic carbocycles. The standard InChI is InChI=1S/C52H53N5O3/c1-4-38-17-16-20-41(31-38)39-27-29-40(30-28-39)50(58)57-35-43-19-15-14-18-42(43)32-48(57)34-53-49(51(59)55(2)60-3)33-47-36-56(37-54-47)52(44-21-8-5-9-22-44,45-23-10-6-11-24-45)46-25-12-7-13-26-46/h1,5-13,16-17,20-31,36-37,42-43,48-49,53H,14-15,18-19,32-35H2,2-3H3/t42-,43-,48+,49+/m1/s1. The molecule has 1 aliphatic heterocycles. The van der Waals surface area contributed by atoms with Crippen molar-refractivity contribution in [3.63, 3.8) is 0 Å². The maximum atomic E-state index is 14.5. The number of likely N-dealkylation sites (tertiary alicyclic amines) is 1. The highest BCUT2D eigenvalue weighted by Crippen LogP contribution is 2.42. The van der Waals surface area contributed by atoms with E-state index >= 15 is 0 Å². The van der Waals surface area contributed by atoms with Gasteiger partial charge in [-0.15, -0.1) is 6.42 Å². The summed E-state index contributed by atoms with van der Waals surface area (Å²) in [6.07, 6.45) is 15.6. The highest BCUT2D eigenvalue weighted by atomic mass is 16.7. The number of aromatic nitrogens is 2. The Morgan fingerprint density at radius 1 is 0.833 bits per heavy atom. The molecule has 2 aliphatic rings. The first-order valence-electron chi connectivity index (χ1n) is 21.1. The van der Waals surface area contributed by atoms with E-state index < -0.39 is 11.6 Å². The van der Waals surface area contributed by atoms with Crippen LogP contribution in [0, 0.1) is 24.2 Å². The molecule has 0 spiro atoms. The van der Waals surface area contributed by atoms with Crippen LogP contribution in [0.5, 0.6) is 0 Å². The van der Waals surface area contributed by atoms with Gasteiger partial charge in [-0.2, -0.15) is 0 Å². The summed E-state index contributed by atoms with van der Waals surface area (Å²) >= 11 is 0. The van der Waals surface area contributed by atoms with E-state index in [2.05, 4.69) is 99.7 Å². The van der Waals surface area contributed by atoms with Crippen LogP contribution in [-0.2, 0) is 21.6 Å². The summed E-state index contributed by atoms with van der Waals surface area (Å²) in [7, 11) is 3.13. The summed E-state index contributed by atoms with van der Waals surface area (Å²) in [5, 5.41) is 4.92. The zero-order valence-corrected chi connectivity index (χ0v) is 34.5. The highest BCUT2D eigenvalue weighted by molar-refractivity contribution is 5.95. The fourth-order valence-electron chi connectivity index (χ4n) is 9.60. The molecular formula is C52H53N5O3. The number of piperidine rings is 1. The normalized spacial score (nSPS) is 18.2. The van der Waals surface area contributed by atoms with Crippen molar-refractivity contribution in [2.24, 2.45) is 11.8 Å². The lowest BCUT2D eigenvalue weighted by molar-refractivity contribution is -0.171. The number of nitrogens with zero attached hydrogens (tertiary/aromatic N) is 4. The Labute approximate surface area is 354 Å². The molecule has 1 saturated heterocycles. The molecule has 2 heterocycles. The number of carbonyl (C=O) groups is 2. The van der Waals surface area contributed by atoms with Gasteiger partial charge in [0.25, 0.3) is 11.8 Å². The Hall–Kier alpha value is -6.27. The van der Waals surface area contributed by atoms with Crippen LogP contribution in [0.3, 0.4) is 0 Å². The van der Waals surface area contributed by atoms with E-state index in [0.717, 1.165) is 51.9 Å². The third-order valence-corrected chi connectivity index (χ3v) is 12.8. The van der Waals surface area contributed by atoms with Crippen LogP contribution in [0.15, 0.2) is 152 Å². The Kier molecular flexibility index (Phi) is 12.4. The molecule has 1 N–H and O–H groups in total. The number of fused-ring (bicyclic) bond motifs is 1. The highest BCUT2D eigenvalue weighted by Gasteiger charge is 2.41. The minimum absolute atomic E-state index is 0.0180. The summed E-state index contributed by atoms with van der Waals surface area (Å²) < 4.78 is 2.17. The van der Waals surface area contributed by atoms with Crippen LogP contribution in [0.2, 0.25) is 0 Å². The van der Waals surface area contributed by atoms with Crippen molar-refractivity contribution in [2.45, 2.75) is 56.1 Å². The largest absolute Gasteiger partial charge is 0.334 e. The Morgan fingerprint density at radius 2 is 1.45 bits per heavy atom. The molecular weight excluding hydrogens is 743 g/mol. The van der Waals surface area contributed by atoms with E-state index in [-0.39, 0.29) is 17.9 Å². The average molecular weight is 796 g/mol. The number of hydrogen-bond acceptors (Lipinski definition) is 5. The number of hydroxylamine groups is 2. The van der Waals surface area contributed by atoms with Crippen molar-refractivity contribution >= 4 is 11.8 Å². The summed E-state index contributed by atoms with van der Waals surface area (Å²) in [4.78, 5) is 41.0. The molecule has 8 nitrogen and oxygen atoms in total. The average Bonchev–Trinajstić information content (AvgIpc) is 3.79. The fraction of sp³-hybridized carbons (Fsp3) is 0.288. The molecule has 60 heavy (non-hydrogen) atoms. The summed E-state index contributed by atoms with van der Waals surface area (Å²) in [6.45, 7) is 1.17. The minimum Gasteiger partial charge on any atom is -0.334 e. The van der Waals surface area contributed by atoms with Crippen molar-refractivity contribution in [3.05, 3.63) is 186 Å². The number of carbonyl (C=O) groups excluding carboxylic acids is 2. The number of nitrogens with one attached hydrogen (secondary N) is 1. The molecule has 1 saturated carbocycles. The van der Waals surface area contributed by atoms with Gasteiger partial charge in [0.05, 0.1) is 25.2 Å². The van der Waals surface area contributed by atoms with Gasteiger partial charge in [0.15, 0.2) is 0 Å². The third-order valence-electron chi connectivity index (χ3n) is 12.8. The van der Waals surface area contributed by atoms with Crippen LogP contribution in [0.25, 0.3) is 11.1 Å². The number of hydrogen-bond donors (Lipinski definition) is 1. The Bertz CT molecular complexity index is 2310. The molecule has 8 rings (SSSR count). The first-order chi connectivity index (χ1) is 29.4. The van der Waals surface area contributed by atoms with Gasteiger partial charge in [-0.05, 0) is 76.8 Å². The molecule has 0 radical (unpaired) electrons. The second-order valence-corrected chi connectivity index (χ2v) is 16.2. The monoisotopic (exact) mass is 795 g/mol. The van der Waals surface area contributed by atoms with Crippen molar-refractivity contribution in [2.75, 3.05) is 27.2 Å². The van der Waals surface area contributed by atoms with Gasteiger partial charge in [0.1, 0.15) is 5.54 Å². The molecule has 2 amide bonds. The van der Waals surface area contributed by atoms with Gasteiger partial charge in [-0.1, -0.05) is 140 Å². The van der Waals surface area contributed by atoms with E-state index in [9.17, 15) is 9.59 Å². The van der Waals surface area contributed by atoms with E-state index in [1.54, 1.807) is 7.05 Å². The van der Waals surface area contributed by atoms with Crippen molar-refractivity contribution < 1.29 is 14.4 Å². The topological polar surface area (TPSA) is 79.7 Å². The smallest absolute Gasteiger partial charge is 0.263 e. The van der Waals surface area contributed by atoms with Crippen LogP contribution in [0.4, 0.5) is 0 Å². The lowest BCUT2D eigenvalue weighted by atomic mass is 9.72. The molecule has 8 heteroatoms. The van der Waals surface area contributed by atoms with Gasteiger partial charge >= 0.3 is 0 Å². The lowest BCUT2D eigenvalue weighted by Gasteiger charge is -2.46. The first-order valence-corrected chi connectivity index (χ1v) is 21.1. The second kappa shape index (κ2) is 18.3. The van der Waals surface area contributed by atoms with Gasteiger partial charge in [0, 0.05) is 49.9 Å². The molecule has 4 atom stereocenters. The predicted molar refractivity (Wildman–Crippen MR) is 237 cm³/mol. The molecule has 5 aromatic carbocycles. The first kappa shape index (κ1) is 40.5. The van der Waals surface area contributed by atoms with E-state index in [1.807, 2.05) is 73.1 Å². The van der Waals surface area contributed by atoms with Crippen LogP contribution in [0.1, 0.15) is 70.4 Å². The quantitative estimate of drug-likeness (QED) is 0.0720. The van der Waals surface area contributed by atoms with E-state index in [1.165, 1.54) is 31.4 Å². The zero-order chi connectivity index (χ0) is 41.5. The number of benzene rings is 5. The fourth-order valence-corrected chi connectivity index (χ4v) is 9.60. The SMILES string of the molecule is C#Cc1cccc(-c2ccc(C(=O)N3C[C@H]4CCCC[C@@H]4C[C@H]3CN[C@@H](Cc3cn(C(c4ccccc4)(c4ccccc4)c4ccccc4)cn3)C(=O)N(C)OC)cc2)c1. The number of amides is 2. The maximum absolute atomic E-state index is 14.5. The predicted octanol–water partition coefficient (Wildman–Crippen LogP) is 8.61. The minimum atomic E-state index is -0.727. The van der Waals surface area contributed by atoms with Crippen molar-refractivity contribution in [1.29, 1.82) is 0 Å². The van der Waals surface area contributed by atoms with Crippen molar-refractivity contribution in [3.8, 4) is 23.5 Å². The molecule has 304 valence electrons. The lowest BCUT2D eigenvalue weighted by Crippen LogP contribution is -2.56. The van der Waals surface area contributed by atoms with Crippen LogP contribution in [-0.4, -0.2) is 70.7 Å². The number of imidazole rings is 1. The number of likely N-dealkylation sites (N-methyl/N-ethyl adjacent to an activating group) is 1. The van der Waals surface area contributed by atoms with E-state index in [4.69, 9.17) is 16.2 Å². The summed E-state index contributed by atoms with van der Waals surface area (Å²) in [6, 6.07) is 46.4. The Balaban J connectivity index is 1.08. The van der Waals surface area contributed by atoms with Gasteiger partial charge in [-0.25, -0.2) is 10.0 Å². The summed E-state index contributed by atoms with van der Waals surface area (Å²) in [5.41, 5.74) is 6.80. The summed E-state index contributed by atoms with van der Waals surface area (Å²) in [5.74, 6) is 3.55. The second-order valence-electron chi connectivity index (χ2n) is 16.2. The Morgan fingerprint density at radius 3 is 2.05 bits per heavy atom. The molecule has 0 unspecified atom stereocenters. The molecule has 1 aromatic heterocycles. The van der Waals surface area contributed by atoms with Crippen molar-refractivity contribution in [1.82, 2.24) is 24.8 Å². The number of terminal acetylenes is 1. The maximum Gasteiger partial charge on any atom is 0.263 e. The zero-order valence-electron chi connectivity index (χ0n) is 34.5. The molecule has 6 aromatic rings. The van der Waals surface area contributed by atoms with Crippen LogP contribution >= 0.6 is 0 Å². The number of rotatable bonds is 13. The molecule has 0 bridgehead atoms. The van der Waals surface area contributed by atoms with Crippen LogP contribution < -0.4 is 5.32 Å². The third kappa shape index (κ3) is 8.29. The van der Waals surface area contributed by atoms with Gasteiger partial charge < -0.3 is 14.8 Å². The van der Waals surface area contributed by atoms with Gasteiger partial charge in [0.2, 0.25) is 0 Å². The van der Waals surface area contributed by atoms with E-state index in [0.29, 0.717) is 36.9 Å².